The number of pyridine rings is 1. The number of alkyl carbamates (subject to hydrolysis) is 1. The number of aromatic nitrogens is 1. The highest BCUT2D eigenvalue weighted by molar-refractivity contribution is 7.99. The van der Waals surface area contributed by atoms with Gasteiger partial charge in [-0.1, -0.05) is 83.4 Å². The van der Waals surface area contributed by atoms with Crippen molar-refractivity contribution in [1.29, 1.82) is 0 Å². The maximum Gasteiger partial charge on any atom is 0.407 e. The van der Waals surface area contributed by atoms with Gasteiger partial charge in [0.15, 0.2) is 6.29 Å². The van der Waals surface area contributed by atoms with E-state index in [2.05, 4.69) is 34.6 Å². The number of carbonyl (C=O) groups excluding carboxylic acids is 2. The number of nitrogens with one attached hydrogen (secondary N) is 1. The molecular formula is C28H20BClN2O3S. The molecule has 0 atom stereocenters. The van der Waals surface area contributed by atoms with Crippen molar-refractivity contribution in [2.24, 2.45) is 0 Å². The van der Waals surface area contributed by atoms with E-state index in [1.54, 1.807) is 30.5 Å². The summed E-state index contributed by atoms with van der Waals surface area (Å²) in [6.07, 6.45) is 1.78. The zero-order chi connectivity index (χ0) is 25.1. The number of hydrogen-bond donors (Lipinski definition) is 1. The number of hydrogen-bond acceptors (Lipinski definition) is 5. The van der Waals surface area contributed by atoms with Gasteiger partial charge >= 0.3 is 6.09 Å². The van der Waals surface area contributed by atoms with Crippen LogP contribution in [0.4, 0.5) is 4.79 Å². The van der Waals surface area contributed by atoms with Crippen molar-refractivity contribution in [2.75, 3.05) is 6.61 Å². The summed E-state index contributed by atoms with van der Waals surface area (Å²) in [7, 11) is 6.23. The number of amides is 1. The van der Waals surface area contributed by atoms with Crippen LogP contribution in [-0.4, -0.2) is 31.8 Å². The van der Waals surface area contributed by atoms with Crippen LogP contribution in [0.2, 0.25) is 5.02 Å². The summed E-state index contributed by atoms with van der Waals surface area (Å²) in [6.45, 7) is 0.317. The molecule has 4 aromatic rings. The van der Waals surface area contributed by atoms with E-state index in [0.717, 1.165) is 17.4 Å². The van der Waals surface area contributed by atoms with E-state index in [9.17, 15) is 9.59 Å². The Morgan fingerprint density at radius 2 is 1.72 bits per heavy atom. The quantitative estimate of drug-likeness (QED) is 0.261. The Morgan fingerprint density at radius 3 is 2.42 bits per heavy atom. The molecule has 0 saturated heterocycles. The van der Waals surface area contributed by atoms with E-state index >= 15 is 0 Å². The zero-order valence-corrected chi connectivity index (χ0v) is 20.7. The minimum absolute atomic E-state index is 0.0311. The molecule has 5 rings (SSSR count). The first-order valence-corrected chi connectivity index (χ1v) is 12.5. The van der Waals surface area contributed by atoms with Gasteiger partial charge in [-0.25, -0.2) is 9.78 Å². The van der Waals surface area contributed by atoms with Crippen molar-refractivity contribution in [1.82, 2.24) is 10.3 Å². The number of fused-ring (bicyclic) bond motifs is 3. The van der Waals surface area contributed by atoms with E-state index in [1.165, 1.54) is 22.9 Å². The number of ether oxygens (including phenoxy) is 1. The number of benzene rings is 3. The fraction of sp³-hybridized carbons (Fsp3) is 0.107. The second-order valence-electron chi connectivity index (χ2n) is 8.24. The van der Waals surface area contributed by atoms with Crippen LogP contribution in [0.1, 0.15) is 33.0 Å². The molecule has 176 valence electrons. The molecule has 1 aliphatic carbocycles. The van der Waals surface area contributed by atoms with Gasteiger partial charge in [-0.15, -0.1) is 0 Å². The summed E-state index contributed by atoms with van der Waals surface area (Å²) < 4.78 is 5.64. The van der Waals surface area contributed by atoms with E-state index in [1.807, 2.05) is 24.3 Å². The Kier molecular flexibility index (Phi) is 7.12. The minimum atomic E-state index is -0.557. The maximum absolute atomic E-state index is 12.7. The van der Waals surface area contributed by atoms with E-state index in [4.69, 9.17) is 24.2 Å². The first kappa shape index (κ1) is 24.2. The Labute approximate surface area is 219 Å². The molecule has 1 aromatic heterocycles. The van der Waals surface area contributed by atoms with Crippen LogP contribution < -0.4 is 10.8 Å². The van der Waals surface area contributed by atoms with Gasteiger partial charge < -0.3 is 10.1 Å². The lowest BCUT2D eigenvalue weighted by Crippen LogP contribution is -2.28. The lowest BCUT2D eigenvalue weighted by atomic mass is 9.90. The molecule has 1 N–H and O–H groups in total. The van der Waals surface area contributed by atoms with Crippen LogP contribution in [0, 0.1) is 0 Å². The lowest BCUT2D eigenvalue weighted by Gasteiger charge is -2.17. The molecule has 1 heterocycles. The lowest BCUT2D eigenvalue weighted by molar-refractivity contribution is 0.112. The molecule has 0 aliphatic heterocycles. The van der Waals surface area contributed by atoms with Gasteiger partial charge in [-0.2, -0.15) is 0 Å². The molecular weight excluding hydrogens is 491 g/mol. The predicted octanol–water partition coefficient (Wildman–Crippen LogP) is 5.53. The standard InChI is InChI=1S/C28H20BClN2O3S/c29-24-11-12-25(30)26(36-27-17(15-33)6-5-13-31-27)22(24)14-32-28(34)35-16-23-20-9-3-1-7-18(20)19-8-2-4-10-21(19)23/h1-13,15,23H,14,16H2,(H,32,34). The van der Waals surface area contributed by atoms with Gasteiger partial charge in [0.05, 0.1) is 5.02 Å². The summed E-state index contributed by atoms with van der Waals surface area (Å²) in [5, 5.41) is 3.74. The molecule has 36 heavy (non-hydrogen) atoms. The summed E-state index contributed by atoms with van der Waals surface area (Å²) in [6, 6.07) is 23.1. The highest BCUT2D eigenvalue weighted by Crippen LogP contribution is 2.44. The van der Waals surface area contributed by atoms with Crippen LogP contribution in [-0.2, 0) is 11.3 Å². The van der Waals surface area contributed by atoms with Gasteiger partial charge in [0, 0.05) is 29.1 Å². The van der Waals surface area contributed by atoms with Crippen molar-refractivity contribution < 1.29 is 14.3 Å². The van der Waals surface area contributed by atoms with Crippen LogP contribution in [0.15, 0.2) is 88.9 Å². The molecule has 8 heteroatoms. The number of nitrogens with zero attached hydrogens (tertiary/aromatic N) is 1. The molecule has 1 aliphatic rings. The van der Waals surface area contributed by atoms with Gasteiger partial charge in [-0.3, -0.25) is 4.79 Å². The van der Waals surface area contributed by atoms with Gasteiger partial charge in [0.1, 0.15) is 19.5 Å². The fourth-order valence-electron chi connectivity index (χ4n) is 4.39. The molecule has 0 bridgehead atoms. The molecule has 0 unspecified atom stereocenters. The zero-order valence-electron chi connectivity index (χ0n) is 19.1. The summed E-state index contributed by atoms with van der Waals surface area (Å²) in [5.74, 6) is -0.0311. The fourth-order valence-corrected chi connectivity index (χ4v) is 5.70. The Hall–Kier alpha value is -3.55. The number of carbonyl (C=O) groups is 2. The minimum Gasteiger partial charge on any atom is -0.449 e. The monoisotopic (exact) mass is 510 g/mol. The molecule has 2 radical (unpaired) electrons. The maximum atomic E-state index is 12.7. The van der Waals surface area contributed by atoms with Crippen molar-refractivity contribution in [3.8, 4) is 11.1 Å². The third-order valence-electron chi connectivity index (χ3n) is 6.13. The van der Waals surface area contributed by atoms with Gasteiger partial charge in [0.25, 0.3) is 0 Å². The first-order valence-electron chi connectivity index (χ1n) is 11.3. The average molecular weight is 511 g/mol. The van der Waals surface area contributed by atoms with Crippen molar-refractivity contribution in [3.05, 3.63) is 106 Å². The van der Waals surface area contributed by atoms with Crippen molar-refractivity contribution in [2.45, 2.75) is 22.4 Å². The van der Waals surface area contributed by atoms with E-state index < -0.39 is 6.09 Å². The number of rotatable bonds is 7. The van der Waals surface area contributed by atoms with Crippen LogP contribution in [0.5, 0.6) is 0 Å². The van der Waals surface area contributed by atoms with E-state index in [-0.39, 0.29) is 19.1 Å². The Bertz CT molecular complexity index is 1420. The third kappa shape index (κ3) is 4.77. The Morgan fingerprint density at radius 1 is 1.03 bits per heavy atom. The van der Waals surface area contributed by atoms with Gasteiger partial charge in [0.2, 0.25) is 0 Å². The van der Waals surface area contributed by atoms with E-state index in [0.29, 0.717) is 31.5 Å². The average Bonchev–Trinajstić information content (AvgIpc) is 3.23. The van der Waals surface area contributed by atoms with Crippen molar-refractivity contribution >= 4 is 49.1 Å². The number of halogens is 1. The van der Waals surface area contributed by atoms with Crippen LogP contribution in [0.25, 0.3) is 11.1 Å². The second kappa shape index (κ2) is 10.6. The molecule has 0 saturated carbocycles. The predicted molar refractivity (Wildman–Crippen MR) is 142 cm³/mol. The van der Waals surface area contributed by atoms with Gasteiger partial charge in [-0.05, 0) is 46.0 Å². The largest absolute Gasteiger partial charge is 0.449 e. The summed E-state index contributed by atoms with van der Waals surface area (Å²) >= 11 is 7.70. The molecule has 1 amide bonds. The third-order valence-corrected chi connectivity index (χ3v) is 7.76. The SMILES string of the molecule is [B]c1ccc(Cl)c(Sc2ncccc2C=O)c1CNC(=O)OCC1c2ccccc2-c2ccccc21. The molecule has 5 nitrogen and oxygen atoms in total. The van der Waals surface area contributed by atoms with Crippen LogP contribution >= 0.6 is 23.4 Å². The van der Waals surface area contributed by atoms with Crippen LogP contribution in [0.3, 0.4) is 0 Å². The molecule has 0 spiro atoms. The summed E-state index contributed by atoms with van der Waals surface area (Å²) in [4.78, 5) is 29.0. The molecule has 3 aromatic carbocycles. The van der Waals surface area contributed by atoms with Crippen molar-refractivity contribution in [3.63, 3.8) is 0 Å². The first-order chi connectivity index (χ1) is 17.6. The highest BCUT2D eigenvalue weighted by atomic mass is 35.5. The summed E-state index contributed by atoms with van der Waals surface area (Å²) in [5.41, 5.74) is 6.15. The topological polar surface area (TPSA) is 68.3 Å². The molecule has 0 fully saturated rings. The second-order valence-corrected chi connectivity index (χ2v) is 9.65. The normalized spacial score (nSPS) is 12.0. The smallest absolute Gasteiger partial charge is 0.407 e. The highest BCUT2D eigenvalue weighted by Gasteiger charge is 2.29. The Balaban J connectivity index is 1.29. The number of aldehydes is 1.